The van der Waals surface area contributed by atoms with E-state index in [1.807, 2.05) is 17.8 Å². The molecular formula is C16H19FOS. The molecule has 0 heterocycles. The molecule has 1 N–H and O–H groups in total. The Morgan fingerprint density at radius 1 is 1.26 bits per heavy atom. The zero-order valence-electron chi connectivity index (χ0n) is 11.0. The number of aliphatic hydroxyl groups is 1. The number of hydrogen-bond acceptors (Lipinski definition) is 2. The Labute approximate surface area is 118 Å². The fourth-order valence-corrected chi connectivity index (χ4v) is 3.56. The van der Waals surface area contributed by atoms with Crippen LogP contribution in [0.5, 0.6) is 0 Å². The Balaban J connectivity index is 1.97. The van der Waals surface area contributed by atoms with E-state index in [0.717, 1.165) is 16.6 Å². The van der Waals surface area contributed by atoms with Crippen molar-refractivity contribution in [1.29, 1.82) is 0 Å². The van der Waals surface area contributed by atoms with Crippen LogP contribution in [0.15, 0.2) is 18.2 Å². The summed E-state index contributed by atoms with van der Waals surface area (Å²) in [5, 5.41) is 9.42. The van der Waals surface area contributed by atoms with Gasteiger partial charge in [-0.3, -0.25) is 0 Å². The van der Waals surface area contributed by atoms with Crippen molar-refractivity contribution in [2.45, 2.75) is 43.1 Å². The molecule has 0 spiro atoms. The largest absolute Gasteiger partial charge is 0.395 e. The lowest BCUT2D eigenvalue weighted by atomic mass is 10.1. The van der Waals surface area contributed by atoms with Crippen LogP contribution in [-0.4, -0.2) is 17.0 Å². The maximum absolute atomic E-state index is 13.5. The number of hydrogen-bond donors (Lipinski definition) is 1. The fourth-order valence-electron chi connectivity index (χ4n) is 2.30. The van der Waals surface area contributed by atoms with Gasteiger partial charge < -0.3 is 5.11 Å². The highest BCUT2D eigenvalue weighted by Gasteiger charge is 2.15. The lowest BCUT2D eigenvalue weighted by Gasteiger charge is -2.08. The molecule has 1 nitrogen and oxygen atoms in total. The summed E-state index contributed by atoms with van der Waals surface area (Å²) in [6, 6.07) is 5.00. The number of halogens is 1. The predicted octanol–water partition coefficient (Wildman–Crippen LogP) is 3.74. The molecular weight excluding hydrogens is 259 g/mol. The first-order valence-corrected chi connectivity index (χ1v) is 7.83. The summed E-state index contributed by atoms with van der Waals surface area (Å²) >= 11 is 1.93. The summed E-state index contributed by atoms with van der Waals surface area (Å²) in [7, 11) is 0. The molecule has 0 saturated heterocycles. The molecule has 0 radical (unpaired) electrons. The van der Waals surface area contributed by atoms with E-state index in [1.54, 1.807) is 6.07 Å². The first-order chi connectivity index (χ1) is 9.28. The minimum Gasteiger partial charge on any atom is -0.395 e. The second-order valence-corrected chi connectivity index (χ2v) is 6.13. The Bertz CT molecular complexity index is 469. The lowest BCUT2D eigenvalue weighted by molar-refractivity contribution is 0.305. The van der Waals surface area contributed by atoms with Crippen LogP contribution in [0.1, 0.15) is 43.2 Å². The van der Waals surface area contributed by atoms with Crippen LogP contribution in [0, 0.1) is 17.7 Å². The minimum atomic E-state index is -0.224. The van der Waals surface area contributed by atoms with Gasteiger partial charge in [0.05, 0.1) is 6.61 Å². The Hall–Kier alpha value is -0.980. The Morgan fingerprint density at radius 3 is 2.79 bits per heavy atom. The fraction of sp³-hybridized carbons (Fsp3) is 0.500. The van der Waals surface area contributed by atoms with E-state index < -0.39 is 0 Å². The summed E-state index contributed by atoms with van der Waals surface area (Å²) in [5.74, 6) is 6.36. The zero-order valence-corrected chi connectivity index (χ0v) is 11.8. The highest BCUT2D eigenvalue weighted by atomic mass is 32.2. The highest BCUT2D eigenvalue weighted by Crippen LogP contribution is 2.31. The van der Waals surface area contributed by atoms with Gasteiger partial charge in [-0.05, 0) is 36.6 Å². The normalized spacial score (nSPS) is 15.3. The molecule has 0 amide bonds. The first kappa shape index (κ1) is 14.4. The smallest absolute Gasteiger partial charge is 0.124 e. The quantitative estimate of drug-likeness (QED) is 0.847. The molecule has 19 heavy (non-hydrogen) atoms. The molecule has 0 aromatic heterocycles. The summed E-state index contributed by atoms with van der Waals surface area (Å²) in [4.78, 5) is 0. The molecule has 0 atom stereocenters. The second-order valence-electron chi connectivity index (χ2n) is 4.84. The zero-order chi connectivity index (χ0) is 13.5. The standard InChI is InChI=1S/C16H19FOS/c17-15-10-13(5-3-4-8-18)9-14(11-15)12-19-16-6-1-2-7-16/h9-11,16,18H,1-2,4,6-8,12H2. The van der Waals surface area contributed by atoms with Gasteiger partial charge in [0.1, 0.15) is 5.82 Å². The van der Waals surface area contributed by atoms with Gasteiger partial charge in [0.15, 0.2) is 0 Å². The summed E-state index contributed by atoms with van der Waals surface area (Å²) in [6.07, 6.45) is 5.69. The molecule has 1 aliphatic rings. The van der Waals surface area contributed by atoms with Crippen LogP contribution in [0.4, 0.5) is 4.39 Å². The van der Waals surface area contributed by atoms with Gasteiger partial charge in [-0.1, -0.05) is 24.7 Å². The molecule has 1 aliphatic carbocycles. The van der Waals surface area contributed by atoms with E-state index in [9.17, 15) is 4.39 Å². The maximum Gasteiger partial charge on any atom is 0.124 e. The van der Waals surface area contributed by atoms with Crippen LogP contribution < -0.4 is 0 Å². The summed E-state index contributed by atoms with van der Waals surface area (Å²) in [6.45, 7) is 0.0483. The first-order valence-electron chi connectivity index (χ1n) is 6.79. The molecule has 2 rings (SSSR count). The van der Waals surface area contributed by atoms with Crippen LogP contribution in [0.25, 0.3) is 0 Å². The molecule has 102 valence electrons. The van der Waals surface area contributed by atoms with Gasteiger partial charge in [-0.15, -0.1) is 0 Å². The third kappa shape index (κ3) is 4.89. The lowest BCUT2D eigenvalue weighted by Crippen LogP contribution is -1.95. The van der Waals surface area contributed by atoms with Crippen LogP contribution in [0.3, 0.4) is 0 Å². The van der Waals surface area contributed by atoms with E-state index in [0.29, 0.717) is 12.0 Å². The molecule has 0 bridgehead atoms. The van der Waals surface area contributed by atoms with Gasteiger partial charge in [0, 0.05) is 23.0 Å². The monoisotopic (exact) mass is 278 g/mol. The molecule has 0 unspecified atom stereocenters. The van der Waals surface area contributed by atoms with Crippen molar-refractivity contribution < 1.29 is 9.50 Å². The Morgan fingerprint density at radius 2 is 2.05 bits per heavy atom. The van der Waals surface area contributed by atoms with Crippen molar-refractivity contribution in [3.05, 3.63) is 35.1 Å². The minimum absolute atomic E-state index is 0.0483. The van der Waals surface area contributed by atoms with Crippen molar-refractivity contribution in [3.63, 3.8) is 0 Å². The van der Waals surface area contributed by atoms with Crippen LogP contribution in [0.2, 0.25) is 0 Å². The van der Waals surface area contributed by atoms with Crippen molar-refractivity contribution in [2.24, 2.45) is 0 Å². The third-order valence-corrected chi connectivity index (χ3v) is 4.66. The number of thioether (sulfide) groups is 1. The van der Waals surface area contributed by atoms with Crippen molar-refractivity contribution in [1.82, 2.24) is 0 Å². The summed E-state index contributed by atoms with van der Waals surface area (Å²) < 4.78 is 13.5. The second kappa shape index (κ2) is 7.57. The van der Waals surface area contributed by atoms with E-state index in [1.165, 1.54) is 31.7 Å². The van der Waals surface area contributed by atoms with Crippen LogP contribution >= 0.6 is 11.8 Å². The SMILES string of the molecule is OCCC#Cc1cc(F)cc(CSC2CCCC2)c1. The molecule has 0 aliphatic heterocycles. The van der Waals surface area contributed by atoms with E-state index in [4.69, 9.17) is 5.11 Å². The summed E-state index contributed by atoms with van der Waals surface area (Å²) in [5.41, 5.74) is 1.71. The molecule has 1 fully saturated rings. The van der Waals surface area contributed by atoms with Crippen molar-refractivity contribution in [3.8, 4) is 11.8 Å². The molecule has 3 heteroatoms. The predicted molar refractivity (Wildman–Crippen MR) is 78.5 cm³/mol. The van der Waals surface area contributed by atoms with E-state index in [2.05, 4.69) is 11.8 Å². The number of benzene rings is 1. The van der Waals surface area contributed by atoms with E-state index >= 15 is 0 Å². The third-order valence-electron chi connectivity index (χ3n) is 3.22. The highest BCUT2D eigenvalue weighted by molar-refractivity contribution is 7.99. The van der Waals surface area contributed by atoms with Gasteiger partial charge in [-0.2, -0.15) is 11.8 Å². The van der Waals surface area contributed by atoms with Crippen LogP contribution in [-0.2, 0) is 5.75 Å². The average Bonchev–Trinajstić information content (AvgIpc) is 2.89. The average molecular weight is 278 g/mol. The van der Waals surface area contributed by atoms with Gasteiger partial charge in [-0.25, -0.2) is 4.39 Å². The van der Waals surface area contributed by atoms with E-state index in [-0.39, 0.29) is 12.4 Å². The molecule has 1 aromatic rings. The van der Waals surface area contributed by atoms with Crippen molar-refractivity contribution >= 4 is 11.8 Å². The number of aliphatic hydroxyl groups excluding tert-OH is 1. The van der Waals surface area contributed by atoms with Gasteiger partial charge in [0.25, 0.3) is 0 Å². The number of rotatable bonds is 4. The Kier molecular flexibility index (Phi) is 5.75. The van der Waals surface area contributed by atoms with Gasteiger partial charge >= 0.3 is 0 Å². The molecule has 1 aromatic carbocycles. The van der Waals surface area contributed by atoms with Gasteiger partial charge in [0.2, 0.25) is 0 Å². The van der Waals surface area contributed by atoms with Crippen molar-refractivity contribution in [2.75, 3.05) is 6.61 Å². The molecule has 1 saturated carbocycles. The topological polar surface area (TPSA) is 20.2 Å². The maximum atomic E-state index is 13.5.